The highest BCUT2D eigenvalue weighted by atomic mass is 16.6. The number of nitrogens with one attached hydrogen (secondary N) is 2. The monoisotopic (exact) mass is 300 g/mol. The highest BCUT2D eigenvalue weighted by molar-refractivity contribution is 5.86. The molecule has 0 fully saturated rings. The number of hydrogen-bond donors (Lipinski definition) is 2. The Morgan fingerprint density at radius 2 is 1.71 bits per heavy atom. The molecule has 0 saturated carbocycles. The Balaban J connectivity index is 3.70. The summed E-state index contributed by atoms with van der Waals surface area (Å²) in [4.78, 5) is 33.9. The second-order valence-corrected chi connectivity index (χ2v) is 4.99. The first-order valence-electron chi connectivity index (χ1n) is 6.76. The summed E-state index contributed by atoms with van der Waals surface area (Å²) in [6.45, 7) is 10.6. The van der Waals surface area contributed by atoms with E-state index in [9.17, 15) is 14.4 Å². The van der Waals surface area contributed by atoms with Crippen molar-refractivity contribution >= 4 is 18.0 Å². The van der Waals surface area contributed by atoms with Crippen LogP contribution in [0.4, 0.5) is 4.79 Å². The fraction of sp³-hybridized carbons (Fsp3) is 0.643. The number of carbonyl (C=O) groups is 3. The summed E-state index contributed by atoms with van der Waals surface area (Å²) >= 11 is 0. The van der Waals surface area contributed by atoms with Gasteiger partial charge in [0, 0.05) is 11.5 Å². The zero-order chi connectivity index (χ0) is 16.4. The van der Waals surface area contributed by atoms with Crippen LogP contribution in [0.25, 0.3) is 0 Å². The number of rotatable bonds is 8. The molecule has 0 bridgehead atoms. The smallest absolute Gasteiger partial charge is 0.408 e. The third-order valence-corrected chi connectivity index (χ3v) is 2.82. The predicted octanol–water partition coefficient (Wildman–Crippen LogP) is 1.20. The van der Waals surface area contributed by atoms with Gasteiger partial charge in [0.1, 0.15) is 6.61 Å². The largest absolute Gasteiger partial charge is 0.460 e. The van der Waals surface area contributed by atoms with E-state index in [1.165, 1.54) is 6.92 Å². The van der Waals surface area contributed by atoms with Crippen molar-refractivity contribution in [2.75, 3.05) is 19.9 Å². The lowest BCUT2D eigenvalue weighted by Crippen LogP contribution is -2.36. The van der Waals surface area contributed by atoms with Gasteiger partial charge >= 0.3 is 12.1 Å². The van der Waals surface area contributed by atoms with Crippen LogP contribution >= 0.6 is 0 Å². The lowest BCUT2D eigenvalue weighted by Gasteiger charge is -2.15. The molecule has 2 N–H and O–H groups in total. The maximum absolute atomic E-state index is 11.6. The van der Waals surface area contributed by atoms with Crippen LogP contribution in [-0.2, 0) is 19.1 Å². The summed E-state index contributed by atoms with van der Waals surface area (Å²) in [5.74, 6) is -0.631. The van der Waals surface area contributed by atoms with Crippen molar-refractivity contribution in [3.63, 3.8) is 0 Å². The van der Waals surface area contributed by atoms with Gasteiger partial charge in [-0.1, -0.05) is 27.4 Å². The molecule has 0 spiro atoms. The normalized spacial score (nSPS) is 11.5. The van der Waals surface area contributed by atoms with Crippen molar-refractivity contribution in [3.05, 3.63) is 12.2 Å². The van der Waals surface area contributed by atoms with Crippen molar-refractivity contribution in [1.29, 1.82) is 0 Å². The second-order valence-electron chi connectivity index (χ2n) is 4.99. The molecule has 0 aliphatic heterocycles. The molecule has 0 aliphatic carbocycles. The van der Waals surface area contributed by atoms with Gasteiger partial charge < -0.3 is 20.1 Å². The van der Waals surface area contributed by atoms with Crippen LogP contribution in [-0.4, -0.2) is 37.9 Å². The SMILES string of the molecule is C=C(C)C(=O)OCCNC(=O)OCNC(=O)C(C)C(C)C. The molecule has 0 aromatic carbocycles. The highest BCUT2D eigenvalue weighted by Crippen LogP contribution is 2.08. The summed E-state index contributed by atoms with van der Waals surface area (Å²) in [7, 11) is 0. The number of esters is 1. The van der Waals surface area contributed by atoms with Crippen LogP contribution in [0.3, 0.4) is 0 Å². The van der Waals surface area contributed by atoms with Gasteiger partial charge in [0.05, 0.1) is 6.54 Å². The van der Waals surface area contributed by atoms with Crippen molar-refractivity contribution in [2.24, 2.45) is 11.8 Å². The van der Waals surface area contributed by atoms with Crippen molar-refractivity contribution < 1.29 is 23.9 Å². The Morgan fingerprint density at radius 1 is 1.10 bits per heavy atom. The minimum atomic E-state index is -0.695. The molecule has 0 heterocycles. The minimum absolute atomic E-state index is 0.0253. The van der Waals surface area contributed by atoms with Crippen molar-refractivity contribution in [1.82, 2.24) is 10.6 Å². The number of alkyl carbamates (subject to hydrolysis) is 1. The molecule has 1 unspecified atom stereocenters. The summed E-state index contributed by atoms with van der Waals surface area (Å²) in [5, 5.41) is 4.88. The average Bonchev–Trinajstić information content (AvgIpc) is 2.41. The van der Waals surface area contributed by atoms with Gasteiger partial charge in [-0.05, 0) is 12.8 Å². The first-order chi connectivity index (χ1) is 9.75. The van der Waals surface area contributed by atoms with Crippen LogP contribution in [0.15, 0.2) is 12.2 Å². The Hall–Kier alpha value is -2.05. The molecule has 7 heteroatoms. The molecule has 7 nitrogen and oxygen atoms in total. The van der Waals surface area contributed by atoms with Gasteiger partial charge in [0.15, 0.2) is 6.73 Å². The Kier molecular flexibility index (Phi) is 8.84. The Bertz CT molecular complexity index is 393. The molecule has 2 amide bonds. The maximum atomic E-state index is 11.6. The lowest BCUT2D eigenvalue weighted by atomic mass is 9.97. The molecular formula is C14H24N2O5. The lowest BCUT2D eigenvalue weighted by molar-refractivity contribution is -0.138. The summed E-state index contributed by atoms with van der Waals surface area (Å²) in [6, 6.07) is 0. The number of carbonyl (C=O) groups excluding carboxylic acids is 3. The topological polar surface area (TPSA) is 93.7 Å². The van der Waals surface area contributed by atoms with E-state index in [4.69, 9.17) is 9.47 Å². The average molecular weight is 300 g/mol. The third kappa shape index (κ3) is 8.67. The number of amides is 2. The van der Waals surface area contributed by atoms with E-state index in [0.717, 1.165) is 0 Å². The molecule has 1 atom stereocenters. The summed E-state index contributed by atoms with van der Waals surface area (Å²) < 4.78 is 9.53. The van der Waals surface area contributed by atoms with E-state index >= 15 is 0 Å². The van der Waals surface area contributed by atoms with Gasteiger partial charge in [-0.3, -0.25) is 4.79 Å². The zero-order valence-electron chi connectivity index (χ0n) is 13.0. The van der Waals surface area contributed by atoms with E-state index in [-0.39, 0.29) is 37.6 Å². The van der Waals surface area contributed by atoms with E-state index in [1.807, 2.05) is 13.8 Å². The van der Waals surface area contributed by atoms with Gasteiger partial charge in [-0.15, -0.1) is 0 Å². The minimum Gasteiger partial charge on any atom is -0.460 e. The number of ether oxygens (including phenoxy) is 2. The van der Waals surface area contributed by atoms with Gasteiger partial charge in [-0.25, -0.2) is 9.59 Å². The fourth-order valence-corrected chi connectivity index (χ4v) is 1.11. The molecule has 0 aromatic rings. The molecule has 0 saturated heterocycles. The quantitative estimate of drug-likeness (QED) is 0.304. The van der Waals surface area contributed by atoms with Crippen LogP contribution in [0.1, 0.15) is 27.7 Å². The zero-order valence-corrected chi connectivity index (χ0v) is 13.0. The predicted molar refractivity (Wildman–Crippen MR) is 77.3 cm³/mol. The van der Waals surface area contributed by atoms with Crippen LogP contribution < -0.4 is 10.6 Å². The van der Waals surface area contributed by atoms with E-state index < -0.39 is 12.1 Å². The fourth-order valence-electron chi connectivity index (χ4n) is 1.11. The Morgan fingerprint density at radius 3 is 2.24 bits per heavy atom. The van der Waals surface area contributed by atoms with Crippen LogP contribution in [0, 0.1) is 11.8 Å². The molecule has 0 rings (SSSR count). The van der Waals surface area contributed by atoms with Crippen molar-refractivity contribution in [3.8, 4) is 0 Å². The van der Waals surface area contributed by atoms with E-state index in [0.29, 0.717) is 5.57 Å². The second kappa shape index (κ2) is 9.79. The van der Waals surface area contributed by atoms with Gasteiger partial charge in [0.25, 0.3) is 0 Å². The summed E-state index contributed by atoms with van der Waals surface area (Å²) in [5.41, 5.74) is 0.291. The molecular weight excluding hydrogens is 276 g/mol. The highest BCUT2D eigenvalue weighted by Gasteiger charge is 2.16. The molecule has 0 aromatic heterocycles. The molecule has 21 heavy (non-hydrogen) atoms. The first-order valence-corrected chi connectivity index (χ1v) is 6.76. The molecule has 0 radical (unpaired) electrons. The third-order valence-electron chi connectivity index (χ3n) is 2.82. The van der Waals surface area contributed by atoms with Crippen LogP contribution in [0.5, 0.6) is 0 Å². The molecule has 0 aliphatic rings. The van der Waals surface area contributed by atoms with Crippen LogP contribution in [0.2, 0.25) is 0 Å². The van der Waals surface area contributed by atoms with E-state index in [2.05, 4.69) is 17.2 Å². The standard InChI is InChI=1S/C14H24N2O5/c1-9(2)11(5)12(17)16-8-21-14(19)15-6-7-20-13(18)10(3)4/h9,11H,3,6-8H2,1-2,4-5H3,(H,15,19)(H,16,17). The molecule has 120 valence electrons. The number of hydrogen-bond acceptors (Lipinski definition) is 5. The first kappa shape index (κ1) is 18.9. The van der Waals surface area contributed by atoms with Gasteiger partial charge in [0.2, 0.25) is 5.91 Å². The van der Waals surface area contributed by atoms with Crippen molar-refractivity contribution in [2.45, 2.75) is 27.7 Å². The Labute approximate surface area is 125 Å². The summed E-state index contributed by atoms with van der Waals surface area (Å²) in [6.07, 6.45) is -0.695. The maximum Gasteiger partial charge on any atom is 0.408 e. The van der Waals surface area contributed by atoms with E-state index in [1.54, 1.807) is 6.92 Å². The van der Waals surface area contributed by atoms with Gasteiger partial charge in [-0.2, -0.15) is 0 Å².